The zero-order chi connectivity index (χ0) is 8.55. The van der Waals surface area contributed by atoms with Crippen LogP contribution in [-0.2, 0) is 12.8 Å². The van der Waals surface area contributed by atoms with Crippen molar-refractivity contribution >= 4 is 11.6 Å². The molecule has 1 N–H and O–H groups in total. The molecule has 0 bridgehead atoms. The average Bonchev–Trinajstić information content (AvgIpc) is 2.12. The van der Waals surface area contributed by atoms with E-state index in [1.54, 1.807) is 12.1 Å². The Morgan fingerprint density at radius 1 is 1.08 bits per heavy atom. The highest BCUT2D eigenvalue weighted by molar-refractivity contribution is 6.31. The summed E-state index contributed by atoms with van der Waals surface area (Å²) in [6, 6.07) is 3.47. The molecule has 1 aromatic carbocycles. The summed E-state index contributed by atoms with van der Waals surface area (Å²) < 4.78 is 0. The first-order valence-corrected chi connectivity index (χ1v) is 4.66. The highest BCUT2D eigenvalue weighted by Gasteiger charge is 2.15. The minimum absolute atomic E-state index is 0.411. The van der Waals surface area contributed by atoms with Crippen LogP contribution in [0.25, 0.3) is 0 Å². The van der Waals surface area contributed by atoms with Crippen molar-refractivity contribution in [3.05, 3.63) is 28.3 Å². The molecule has 1 aliphatic carbocycles. The number of aromatic hydroxyl groups is 1. The molecule has 0 fully saturated rings. The van der Waals surface area contributed by atoms with Crippen LogP contribution >= 0.6 is 11.6 Å². The van der Waals surface area contributed by atoms with Crippen molar-refractivity contribution in [3.8, 4) is 5.75 Å². The zero-order valence-electron chi connectivity index (χ0n) is 6.81. The Balaban J connectivity index is 2.57. The predicted molar refractivity (Wildman–Crippen MR) is 49.8 cm³/mol. The number of benzene rings is 1. The van der Waals surface area contributed by atoms with E-state index in [0.717, 1.165) is 29.0 Å². The third-order valence-corrected chi connectivity index (χ3v) is 2.81. The molecule has 1 aliphatic rings. The number of phenols is 1. The van der Waals surface area contributed by atoms with Gasteiger partial charge in [0.25, 0.3) is 0 Å². The molecule has 12 heavy (non-hydrogen) atoms. The van der Waals surface area contributed by atoms with E-state index in [1.807, 2.05) is 0 Å². The van der Waals surface area contributed by atoms with Gasteiger partial charge in [-0.25, -0.2) is 0 Å². The number of rotatable bonds is 0. The fourth-order valence-electron chi connectivity index (χ4n) is 1.80. The lowest BCUT2D eigenvalue weighted by Crippen LogP contribution is -2.03. The van der Waals surface area contributed by atoms with Crippen LogP contribution in [0.2, 0.25) is 5.02 Å². The highest BCUT2D eigenvalue weighted by Crippen LogP contribution is 2.33. The van der Waals surface area contributed by atoms with E-state index >= 15 is 0 Å². The third kappa shape index (κ3) is 1.18. The van der Waals surface area contributed by atoms with Gasteiger partial charge in [0.15, 0.2) is 0 Å². The van der Waals surface area contributed by atoms with Crippen LogP contribution in [0, 0.1) is 0 Å². The molecule has 0 unspecified atom stereocenters. The Hall–Kier alpha value is -0.690. The largest absolute Gasteiger partial charge is 0.508 e. The molecule has 0 atom stereocenters. The number of hydrogen-bond donors (Lipinski definition) is 1. The van der Waals surface area contributed by atoms with Crippen molar-refractivity contribution in [1.82, 2.24) is 0 Å². The first-order valence-electron chi connectivity index (χ1n) is 4.28. The first-order chi connectivity index (χ1) is 5.79. The van der Waals surface area contributed by atoms with Crippen LogP contribution < -0.4 is 0 Å². The van der Waals surface area contributed by atoms with Gasteiger partial charge in [0.1, 0.15) is 5.75 Å². The molecule has 1 aromatic rings. The smallest absolute Gasteiger partial charge is 0.119 e. The molecule has 1 nitrogen and oxygen atoms in total. The van der Waals surface area contributed by atoms with Crippen LogP contribution in [-0.4, -0.2) is 5.11 Å². The Morgan fingerprint density at radius 2 is 1.75 bits per heavy atom. The van der Waals surface area contributed by atoms with Gasteiger partial charge in [0.2, 0.25) is 0 Å². The summed E-state index contributed by atoms with van der Waals surface area (Å²) in [5, 5.41) is 10.3. The van der Waals surface area contributed by atoms with Crippen molar-refractivity contribution in [2.75, 3.05) is 0 Å². The zero-order valence-corrected chi connectivity index (χ0v) is 7.56. The molecule has 0 saturated heterocycles. The Morgan fingerprint density at radius 3 is 2.42 bits per heavy atom. The van der Waals surface area contributed by atoms with Crippen molar-refractivity contribution in [2.45, 2.75) is 25.7 Å². The summed E-state index contributed by atoms with van der Waals surface area (Å²) in [6.45, 7) is 0. The van der Waals surface area contributed by atoms with E-state index in [2.05, 4.69) is 0 Å². The molecular weight excluding hydrogens is 172 g/mol. The van der Waals surface area contributed by atoms with E-state index in [-0.39, 0.29) is 0 Å². The molecule has 0 saturated carbocycles. The Kier molecular flexibility index (Phi) is 1.97. The molecule has 0 aromatic heterocycles. The number of phenolic OH excluding ortho intramolecular Hbond substituents is 1. The van der Waals surface area contributed by atoms with Crippen LogP contribution in [0.5, 0.6) is 5.75 Å². The molecule has 0 amide bonds. The summed E-state index contributed by atoms with van der Waals surface area (Å²) in [5.74, 6) is 0.411. The van der Waals surface area contributed by atoms with Gasteiger partial charge in [-0.2, -0.15) is 0 Å². The van der Waals surface area contributed by atoms with Gasteiger partial charge in [-0.15, -0.1) is 0 Å². The highest BCUT2D eigenvalue weighted by atomic mass is 35.5. The normalized spacial score (nSPS) is 15.8. The van der Waals surface area contributed by atoms with Crippen molar-refractivity contribution < 1.29 is 5.11 Å². The van der Waals surface area contributed by atoms with Gasteiger partial charge in [-0.3, -0.25) is 0 Å². The fraction of sp³-hybridized carbons (Fsp3) is 0.400. The molecule has 64 valence electrons. The van der Waals surface area contributed by atoms with Crippen LogP contribution in [0.15, 0.2) is 12.1 Å². The Bertz CT molecular complexity index is 276. The van der Waals surface area contributed by atoms with E-state index in [0.29, 0.717) is 5.75 Å². The lowest BCUT2D eigenvalue weighted by atomic mass is 9.91. The standard InChI is InChI=1S/C10H11ClO/c11-9-5-6-10(12)8-4-2-1-3-7(8)9/h5-6,12H,1-4H2. The fourth-order valence-corrected chi connectivity index (χ4v) is 2.08. The van der Waals surface area contributed by atoms with Crippen LogP contribution in [0.3, 0.4) is 0 Å². The summed E-state index contributed by atoms with van der Waals surface area (Å²) in [4.78, 5) is 0. The topological polar surface area (TPSA) is 20.2 Å². The third-order valence-electron chi connectivity index (χ3n) is 2.45. The van der Waals surface area contributed by atoms with Gasteiger partial charge in [0.05, 0.1) is 0 Å². The molecular formula is C10H11ClO. The van der Waals surface area contributed by atoms with Gasteiger partial charge >= 0.3 is 0 Å². The van der Waals surface area contributed by atoms with E-state index < -0.39 is 0 Å². The Labute approximate surface area is 77.0 Å². The number of hydrogen-bond acceptors (Lipinski definition) is 1. The lowest BCUT2D eigenvalue weighted by molar-refractivity contribution is 0.462. The van der Waals surface area contributed by atoms with E-state index in [9.17, 15) is 5.11 Å². The molecule has 2 rings (SSSR count). The lowest BCUT2D eigenvalue weighted by Gasteiger charge is -2.17. The maximum Gasteiger partial charge on any atom is 0.119 e. The second-order valence-corrected chi connectivity index (χ2v) is 3.64. The maximum atomic E-state index is 9.52. The van der Waals surface area contributed by atoms with Gasteiger partial charge in [-0.1, -0.05) is 11.6 Å². The number of halogens is 1. The van der Waals surface area contributed by atoms with Crippen molar-refractivity contribution in [3.63, 3.8) is 0 Å². The van der Waals surface area contributed by atoms with E-state index in [1.165, 1.54) is 12.8 Å². The van der Waals surface area contributed by atoms with Crippen LogP contribution in [0.1, 0.15) is 24.0 Å². The summed E-state index contributed by atoms with van der Waals surface area (Å²) in [5.41, 5.74) is 2.22. The maximum absolute atomic E-state index is 9.52. The minimum atomic E-state index is 0.411. The monoisotopic (exact) mass is 182 g/mol. The molecule has 0 spiro atoms. The molecule has 2 heteroatoms. The molecule has 0 radical (unpaired) electrons. The minimum Gasteiger partial charge on any atom is -0.508 e. The quantitative estimate of drug-likeness (QED) is 0.654. The summed E-state index contributed by atoms with van der Waals surface area (Å²) in [7, 11) is 0. The van der Waals surface area contributed by atoms with Gasteiger partial charge in [0, 0.05) is 5.02 Å². The van der Waals surface area contributed by atoms with Crippen LogP contribution in [0.4, 0.5) is 0 Å². The number of fused-ring (bicyclic) bond motifs is 1. The second kappa shape index (κ2) is 2.98. The SMILES string of the molecule is Oc1ccc(Cl)c2c1CCCC2. The van der Waals surface area contributed by atoms with Gasteiger partial charge < -0.3 is 5.11 Å². The summed E-state index contributed by atoms with van der Waals surface area (Å²) >= 11 is 6.00. The van der Waals surface area contributed by atoms with Crippen molar-refractivity contribution in [1.29, 1.82) is 0 Å². The summed E-state index contributed by atoms with van der Waals surface area (Å²) in [6.07, 6.45) is 4.35. The first kappa shape index (κ1) is 7.93. The van der Waals surface area contributed by atoms with E-state index in [4.69, 9.17) is 11.6 Å². The average molecular weight is 183 g/mol. The van der Waals surface area contributed by atoms with Gasteiger partial charge in [-0.05, 0) is 48.9 Å². The predicted octanol–water partition coefficient (Wildman–Crippen LogP) is 2.92. The molecule has 0 heterocycles. The molecule has 0 aliphatic heterocycles. The second-order valence-electron chi connectivity index (χ2n) is 3.23. The van der Waals surface area contributed by atoms with Crippen molar-refractivity contribution in [2.24, 2.45) is 0 Å².